The van der Waals surface area contributed by atoms with E-state index in [2.05, 4.69) is 15.3 Å². The van der Waals surface area contributed by atoms with Crippen LogP contribution in [0.3, 0.4) is 0 Å². The zero-order valence-corrected chi connectivity index (χ0v) is 8.39. The summed E-state index contributed by atoms with van der Waals surface area (Å²) in [6.45, 7) is 2.03. The molecule has 0 aromatic carbocycles. The Balaban J connectivity index is 2.98. The second kappa shape index (κ2) is 4.81. The van der Waals surface area contributed by atoms with E-state index in [1.165, 1.54) is 6.20 Å². The molecule has 0 aliphatic rings. The number of carbonyl (C=O) groups is 1. The van der Waals surface area contributed by atoms with Gasteiger partial charge in [-0.1, -0.05) is 18.7 Å². The predicted molar refractivity (Wildman–Crippen MR) is 53.4 cm³/mol. The van der Waals surface area contributed by atoms with Crippen LogP contribution in [0.15, 0.2) is 11.4 Å². The highest BCUT2D eigenvalue weighted by atomic mass is 32.2. The van der Waals surface area contributed by atoms with Crippen molar-refractivity contribution >= 4 is 23.9 Å². The molecule has 0 aliphatic heterocycles. The molecular formula is C8H11N3OS. The van der Waals surface area contributed by atoms with Gasteiger partial charge in [0.1, 0.15) is 5.82 Å². The number of aldehydes is 1. The lowest BCUT2D eigenvalue weighted by Gasteiger charge is -2.03. The fourth-order valence-electron chi connectivity index (χ4n) is 0.860. The van der Waals surface area contributed by atoms with Crippen molar-refractivity contribution in [1.29, 1.82) is 0 Å². The highest BCUT2D eigenvalue weighted by Gasteiger charge is 2.03. The Bertz CT molecular complexity index is 303. The van der Waals surface area contributed by atoms with Crippen LogP contribution in [0, 0.1) is 0 Å². The highest BCUT2D eigenvalue weighted by molar-refractivity contribution is 7.99. The molecule has 0 aliphatic carbocycles. The van der Waals surface area contributed by atoms with Crippen LogP contribution in [0.2, 0.25) is 0 Å². The van der Waals surface area contributed by atoms with Gasteiger partial charge in [0, 0.05) is 13.2 Å². The lowest BCUT2D eigenvalue weighted by Crippen LogP contribution is -2.00. The van der Waals surface area contributed by atoms with E-state index >= 15 is 0 Å². The molecule has 0 radical (unpaired) electrons. The molecule has 0 saturated heterocycles. The number of carbonyl (C=O) groups excluding carboxylic acids is 1. The standard InChI is InChI=1S/C8H11N3OS/c1-3-13-8-10-4-6(5-12)7(9-2)11-8/h4-5H,3H2,1-2H3,(H,9,10,11). The van der Waals surface area contributed by atoms with E-state index in [1.807, 2.05) is 6.92 Å². The van der Waals surface area contributed by atoms with E-state index in [0.29, 0.717) is 16.5 Å². The van der Waals surface area contributed by atoms with Gasteiger partial charge in [0.25, 0.3) is 0 Å². The molecule has 70 valence electrons. The van der Waals surface area contributed by atoms with E-state index in [1.54, 1.807) is 18.8 Å². The van der Waals surface area contributed by atoms with Crippen molar-refractivity contribution in [1.82, 2.24) is 9.97 Å². The van der Waals surface area contributed by atoms with E-state index in [-0.39, 0.29) is 0 Å². The number of aromatic nitrogens is 2. The summed E-state index contributed by atoms with van der Waals surface area (Å²) in [7, 11) is 1.73. The van der Waals surface area contributed by atoms with E-state index in [9.17, 15) is 4.79 Å². The Labute approximate surface area is 81.2 Å². The Morgan fingerprint density at radius 3 is 3.00 bits per heavy atom. The normalized spacial score (nSPS) is 9.69. The van der Waals surface area contributed by atoms with Crippen LogP contribution in [0.1, 0.15) is 17.3 Å². The van der Waals surface area contributed by atoms with Gasteiger partial charge in [-0.15, -0.1) is 0 Å². The molecule has 13 heavy (non-hydrogen) atoms. The Kier molecular flexibility index (Phi) is 3.70. The predicted octanol–water partition coefficient (Wildman–Crippen LogP) is 1.44. The van der Waals surface area contributed by atoms with E-state index in [0.717, 1.165) is 12.0 Å². The van der Waals surface area contributed by atoms with Crippen LogP contribution in [0.5, 0.6) is 0 Å². The Morgan fingerprint density at radius 2 is 2.46 bits per heavy atom. The molecule has 0 spiro atoms. The first kappa shape index (κ1) is 9.98. The minimum Gasteiger partial charge on any atom is -0.372 e. The summed E-state index contributed by atoms with van der Waals surface area (Å²) in [5.41, 5.74) is 0.489. The molecule has 0 saturated carbocycles. The SMILES string of the molecule is CCSc1ncc(C=O)c(NC)n1. The van der Waals surface area contributed by atoms with E-state index < -0.39 is 0 Å². The molecule has 4 nitrogen and oxygen atoms in total. The number of anilines is 1. The number of rotatable bonds is 4. The number of hydrogen-bond donors (Lipinski definition) is 1. The summed E-state index contributed by atoms with van der Waals surface area (Å²) in [6.07, 6.45) is 2.27. The molecule has 1 N–H and O–H groups in total. The maximum absolute atomic E-state index is 10.5. The lowest BCUT2D eigenvalue weighted by molar-refractivity contribution is 0.112. The van der Waals surface area contributed by atoms with Crippen molar-refractivity contribution in [3.8, 4) is 0 Å². The van der Waals surface area contributed by atoms with Gasteiger partial charge >= 0.3 is 0 Å². The molecule has 1 aromatic heterocycles. The first-order valence-electron chi connectivity index (χ1n) is 3.94. The van der Waals surface area contributed by atoms with Crippen LogP contribution in [-0.2, 0) is 0 Å². The summed E-state index contributed by atoms with van der Waals surface area (Å²) in [5, 5.41) is 3.54. The minimum atomic E-state index is 0.489. The van der Waals surface area contributed by atoms with Crippen LogP contribution in [-0.4, -0.2) is 29.1 Å². The molecule has 1 aromatic rings. The van der Waals surface area contributed by atoms with Gasteiger partial charge in [-0.2, -0.15) is 0 Å². The van der Waals surface area contributed by atoms with Crippen molar-refractivity contribution in [2.24, 2.45) is 0 Å². The smallest absolute Gasteiger partial charge is 0.189 e. The second-order valence-electron chi connectivity index (χ2n) is 2.26. The number of hydrogen-bond acceptors (Lipinski definition) is 5. The average molecular weight is 197 g/mol. The third-order valence-electron chi connectivity index (χ3n) is 1.43. The van der Waals surface area contributed by atoms with Gasteiger partial charge in [0.2, 0.25) is 0 Å². The third kappa shape index (κ3) is 2.42. The Morgan fingerprint density at radius 1 is 1.69 bits per heavy atom. The van der Waals surface area contributed by atoms with Gasteiger partial charge in [-0.05, 0) is 5.75 Å². The number of nitrogens with zero attached hydrogens (tertiary/aromatic N) is 2. The molecule has 0 unspecified atom stereocenters. The van der Waals surface area contributed by atoms with Crippen molar-refractivity contribution in [2.45, 2.75) is 12.1 Å². The van der Waals surface area contributed by atoms with Crippen molar-refractivity contribution < 1.29 is 4.79 Å². The average Bonchev–Trinajstić information content (AvgIpc) is 2.18. The quantitative estimate of drug-likeness (QED) is 0.449. The van der Waals surface area contributed by atoms with Gasteiger partial charge in [-0.25, -0.2) is 9.97 Å². The van der Waals surface area contributed by atoms with E-state index in [4.69, 9.17) is 0 Å². The van der Waals surface area contributed by atoms with Crippen molar-refractivity contribution in [3.63, 3.8) is 0 Å². The topological polar surface area (TPSA) is 54.9 Å². The van der Waals surface area contributed by atoms with Gasteiger partial charge in [0.05, 0.1) is 5.56 Å². The third-order valence-corrected chi connectivity index (χ3v) is 2.18. The first-order valence-corrected chi connectivity index (χ1v) is 4.93. The molecule has 5 heteroatoms. The van der Waals surface area contributed by atoms with Gasteiger partial charge in [-0.3, -0.25) is 4.79 Å². The van der Waals surface area contributed by atoms with Gasteiger partial charge < -0.3 is 5.32 Å². The summed E-state index contributed by atoms with van der Waals surface area (Å²) in [6, 6.07) is 0. The van der Waals surface area contributed by atoms with Crippen LogP contribution in [0.25, 0.3) is 0 Å². The van der Waals surface area contributed by atoms with Crippen LogP contribution >= 0.6 is 11.8 Å². The number of nitrogens with one attached hydrogen (secondary N) is 1. The molecule has 0 fully saturated rings. The second-order valence-corrected chi connectivity index (χ2v) is 3.49. The highest BCUT2D eigenvalue weighted by Crippen LogP contribution is 2.16. The lowest BCUT2D eigenvalue weighted by atomic mass is 10.3. The van der Waals surface area contributed by atoms with Crippen molar-refractivity contribution in [3.05, 3.63) is 11.8 Å². The largest absolute Gasteiger partial charge is 0.372 e. The molecule has 1 rings (SSSR count). The number of thioether (sulfide) groups is 1. The van der Waals surface area contributed by atoms with Crippen LogP contribution in [0.4, 0.5) is 5.82 Å². The van der Waals surface area contributed by atoms with Crippen molar-refractivity contribution in [2.75, 3.05) is 18.1 Å². The summed E-state index contributed by atoms with van der Waals surface area (Å²) < 4.78 is 0. The summed E-state index contributed by atoms with van der Waals surface area (Å²) >= 11 is 1.55. The maximum Gasteiger partial charge on any atom is 0.189 e. The summed E-state index contributed by atoms with van der Waals surface area (Å²) in [4.78, 5) is 18.7. The molecular weight excluding hydrogens is 186 g/mol. The Hall–Kier alpha value is -1.10. The van der Waals surface area contributed by atoms with Gasteiger partial charge in [0.15, 0.2) is 11.4 Å². The zero-order chi connectivity index (χ0) is 9.68. The summed E-state index contributed by atoms with van der Waals surface area (Å²) in [5.74, 6) is 1.50. The molecule has 0 bridgehead atoms. The fourth-order valence-corrected chi connectivity index (χ4v) is 1.40. The maximum atomic E-state index is 10.5. The molecule has 0 amide bonds. The minimum absolute atomic E-state index is 0.489. The monoisotopic (exact) mass is 197 g/mol. The molecule has 1 heterocycles. The molecule has 0 atom stereocenters. The zero-order valence-electron chi connectivity index (χ0n) is 7.57. The first-order chi connectivity index (χ1) is 6.31. The fraction of sp³-hybridized carbons (Fsp3) is 0.375. The van der Waals surface area contributed by atoms with Crippen LogP contribution < -0.4 is 5.32 Å².